The number of carbonyl (C=O) groups is 2. The van der Waals surface area contributed by atoms with Gasteiger partial charge in [0.25, 0.3) is 11.8 Å². The molecule has 1 unspecified atom stereocenters. The maximum absolute atomic E-state index is 12.8. The van der Waals surface area contributed by atoms with E-state index in [2.05, 4.69) is 10.6 Å². The predicted octanol–water partition coefficient (Wildman–Crippen LogP) is 4.59. The van der Waals surface area contributed by atoms with Crippen LogP contribution in [0.5, 0.6) is 0 Å². The van der Waals surface area contributed by atoms with E-state index in [1.54, 1.807) is 12.1 Å². The molecule has 1 heterocycles. The van der Waals surface area contributed by atoms with Crippen molar-refractivity contribution in [3.8, 4) is 0 Å². The molecular weight excluding hydrogens is 374 g/mol. The Kier molecular flexibility index (Phi) is 5.53. The summed E-state index contributed by atoms with van der Waals surface area (Å²) >= 11 is 0. The number of hydrogen-bond acceptors (Lipinski definition) is 3. The van der Waals surface area contributed by atoms with Crippen molar-refractivity contribution in [1.82, 2.24) is 10.2 Å². The van der Waals surface area contributed by atoms with E-state index < -0.39 is 0 Å². The highest BCUT2D eigenvalue weighted by Gasteiger charge is 2.37. The minimum atomic E-state index is -0.230. The van der Waals surface area contributed by atoms with E-state index in [-0.39, 0.29) is 24.0 Å². The van der Waals surface area contributed by atoms with Crippen LogP contribution < -0.4 is 10.6 Å². The minimum Gasteiger partial charge on any atom is -0.361 e. The van der Waals surface area contributed by atoms with E-state index >= 15 is 0 Å². The Morgan fingerprint density at radius 1 is 0.933 bits per heavy atom. The zero-order chi connectivity index (χ0) is 21.1. The Balaban J connectivity index is 1.46. The van der Waals surface area contributed by atoms with Gasteiger partial charge in [0.2, 0.25) is 0 Å². The molecule has 4 rings (SSSR count). The summed E-state index contributed by atoms with van der Waals surface area (Å²) in [7, 11) is 0. The highest BCUT2D eigenvalue weighted by molar-refractivity contribution is 5.99. The summed E-state index contributed by atoms with van der Waals surface area (Å²) in [4.78, 5) is 27.1. The summed E-state index contributed by atoms with van der Waals surface area (Å²) in [5, 5.41) is 6.39. The number of carbonyl (C=O) groups excluding carboxylic acids is 2. The predicted molar refractivity (Wildman–Crippen MR) is 118 cm³/mol. The molecule has 3 aromatic carbocycles. The van der Waals surface area contributed by atoms with Crippen molar-refractivity contribution in [1.29, 1.82) is 0 Å². The number of nitrogens with zero attached hydrogens (tertiary/aromatic N) is 1. The first-order chi connectivity index (χ1) is 14.5. The molecule has 1 aliphatic heterocycles. The van der Waals surface area contributed by atoms with Gasteiger partial charge in [-0.3, -0.25) is 9.59 Å². The molecule has 0 aromatic heterocycles. The van der Waals surface area contributed by atoms with Crippen LogP contribution in [0.25, 0.3) is 0 Å². The fourth-order valence-corrected chi connectivity index (χ4v) is 3.77. The SMILES string of the molecule is CC(C)N1C(=O)c2ccccc2C1Nc1ccc(C(=O)NCc2ccccc2)cc1. The third-order valence-electron chi connectivity index (χ3n) is 5.30. The van der Waals surface area contributed by atoms with Crippen molar-refractivity contribution in [3.05, 3.63) is 101 Å². The fourth-order valence-electron chi connectivity index (χ4n) is 3.77. The van der Waals surface area contributed by atoms with Gasteiger partial charge in [-0.25, -0.2) is 0 Å². The van der Waals surface area contributed by atoms with Crippen LogP contribution in [-0.4, -0.2) is 22.8 Å². The summed E-state index contributed by atoms with van der Waals surface area (Å²) in [6, 6.07) is 24.9. The number of fused-ring (bicyclic) bond motifs is 1. The number of hydrogen-bond donors (Lipinski definition) is 2. The molecule has 3 aromatic rings. The van der Waals surface area contributed by atoms with E-state index in [1.165, 1.54) is 0 Å². The molecule has 2 amide bonds. The van der Waals surface area contributed by atoms with Crippen molar-refractivity contribution in [2.24, 2.45) is 0 Å². The van der Waals surface area contributed by atoms with E-state index in [9.17, 15) is 9.59 Å². The second kappa shape index (κ2) is 8.41. The van der Waals surface area contributed by atoms with E-state index in [0.717, 1.165) is 22.4 Å². The van der Waals surface area contributed by atoms with Crippen LogP contribution in [-0.2, 0) is 6.54 Å². The topological polar surface area (TPSA) is 61.4 Å². The summed E-state index contributed by atoms with van der Waals surface area (Å²) in [6.07, 6.45) is -0.230. The molecule has 0 saturated carbocycles. The van der Waals surface area contributed by atoms with Crippen LogP contribution in [0.1, 0.15) is 51.9 Å². The molecule has 5 heteroatoms. The Labute approximate surface area is 176 Å². The summed E-state index contributed by atoms with van der Waals surface area (Å²) in [5.41, 5.74) is 4.22. The maximum atomic E-state index is 12.8. The van der Waals surface area contributed by atoms with Gasteiger partial charge >= 0.3 is 0 Å². The van der Waals surface area contributed by atoms with Gasteiger partial charge < -0.3 is 15.5 Å². The number of nitrogens with one attached hydrogen (secondary N) is 2. The Morgan fingerprint density at radius 3 is 2.30 bits per heavy atom. The van der Waals surface area contributed by atoms with Crippen LogP contribution in [0.3, 0.4) is 0 Å². The van der Waals surface area contributed by atoms with E-state index in [0.29, 0.717) is 12.1 Å². The zero-order valence-corrected chi connectivity index (χ0v) is 17.1. The lowest BCUT2D eigenvalue weighted by Gasteiger charge is -2.30. The Hall–Kier alpha value is -3.60. The van der Waals surface area contributed by atoms with Crippen LogP contribution in [0, 0.1) is 0 Å². The molecule has 0 fully saturated rings. The zero-order valence-electron chi connectivity index (χ0n) is 17.1. The lowest BCUT2D eigenvalue weighted by molar-refractivity contribution is 0.0685. The largest absolute Gasteiger partial charge is 0.361 e. The van der Waals surface area contributed by atoms with Crippen molar-refractivity contribution < 1.29 is 9.59 Å². The van der Waals surface area contributed by atoms with Gasteiger partial charge in [-0.1, -0.05) is 48.5 Å². The number of amides is 2. The molecule has 152 valence electrons. The number of anilines is 1. The van der Waals surface area contributed by atoms with Gasteiger partial charge in [0.15, 0.2) is 0 Å². The highest BCUT2D eigenvalue weighted by atomic mass is 16.2. The van der Waals surface area contributed by atoms with E-state index in [1.807, 2.05) is 85.5 Å². The second-order valence-electron chi connectivity index (χ2n) is 7.69. The molecule has 2 N–H and O–H groups in total. The van der Waals surface area contributed by atoms with Crippen LogP contribution in [0.15, 0.2) is 78.9 Å². The Morgan fingerprint density at radius 2 is 1.60 bits per heavy atom. The van der Waals surface area contributed by atoms with Crippen LogP contribution in [0.4, 0.5) is 5.69 Å². The molecule has 0 aliphatic carbocycles. The molecule has 0 bridgehead atoms. The second-order valence-corrected chi connectivity index (χ2v) is 7.69. The molecule has 30 heavy (non-hydrogen) atoms. The third kappa shape index (κ3) is 3.92. The first-order valence-electron chi connectivity index (χ1n) is 10.1. The maximum Gasteiger partial charge on any atom is 0.256 e. The van der Waals surface area contributed by atoms with Gasteiger partial charge in [-0.15, -0.1) is 0 Å². The molecule has 1 aliphatic rings. The standard InChI is InChI=1S/C25H25N3O2/c1-17(2)28-23(21-10-6-7-11-22(21)25(28)30)27-20-14-12-19(13-15-20)24(29)26-16-18-8-4-3-5-9-18/h3-15,17,23,27H,16H2,1-2H3,(H,26,29). The van der Waals surface area contributed by atoms with Crippen molar-refractivity contribution >= 4 is 17.5 Å². The van der Waals surface area contributed by atoms with Crippen LogP contribution in [0.2, 0.25) is 0 Å². The number of benzene rings is 3. The van der Waals surface area contributed by atoms with Crippen molar-refractivity contribution in [2.75, 3.05) is 5.32 Å². The van der Waals surface area contributed by atoms with Gasteiger partial charge in [-0.2, -0.15) is 0 Å². The normalized spacial score (nSPS) is 15.2. The first-order valence-corrected chi connectivity index (χ1v) is 10.1. The quantitative estimate of drug-likeness (QED) is 0.637. The van der Waals surface area contributed by atoms with Gasteiger partial charge in [0, 0.05) is 35.0 Å². The first kappa shape index (κ1) is 19.7. The lowest BCUT2D eigenvalue weighted by atomic mass is 10.1. The van der Waals surface area contributed by atoms with Gasteiger partial charge in [0.05, 0.1) is 0 Å². The molecular formula is C25H25N3O2. The molecule has 1 atom stereocenters. The molecule has 0 radical (unpaired) electrons. The highest BCUT2D eigenvalue weighted by Crippen LogP contribution is 2.35. The molecule has 5 nitrogen and oxygen atoms in total. The van der Waals surface area contributed by atoms with Crippen molar-refractivity contribution in [2.45, 2.75) is 32.6 Å². The number of rotatable bonds is 6. The summed E-state index contributed by atoms with van der Waals surface area (Å²) < 4.78 is 0. The molecule has 0 spiro atoms. The minimum absolute atomic E-state index is 0.0370. The average Bonchev–Trinajstić information content (AvgIpc) is 3.05. The summed E-state index contributed by atoms with van der Waals surface area (Å²) in [5.74, 6) is -0.0781. The van der Waals surface area contributed by atoms with Crippen molar-refractivity contribution in [3.63, 3.8) is 0 Å². The third-order valence-corrected chi connectivity index (χ3v) is 5.30. The van der Waals surface area contributed by atoms with E-state index in [4.69, 9.17) is 0 Å². The molecule has 0 saturated heterocycles. The smallest absolute Gasteiger partial charge is 0.256 e. The fraction of sp³-hybridized carbons (Fsp3) is 0.200. The Bertz CT molecular complexity index is 1050. The average molecular weight is 399 g/mol. The van der Waals surface area contributed by atoms with Crippen LogP contribution >= 0.6 is 0 Å². The lowest BCUT2D eigenvalue weighted by Crippen LogP contribution is -2.37. The van der Waals surface area contributed by atoms with Gasteiger partial charge in [-0.05, 0) is 49.7 Å². The monoisotopic (exact) mass is 399 g/mol. The summed E-state index contributed by atoms with van der Waals surface area (Å²) in [6.45, 7) is 4.52. The van der Waals surface area contributed by atoms with Gasteiger partial charge in [0.1, 0.15) is 6.17 Å².